The standard InChI is InChI=1S/C16H19N7O2S2/c1-22-14(9-12-7-8-27(24,25)11-12)17-19-16(22)26-10-15-18-20-21-23(15)13-5-3-2-4-6-13/h2-6,12H,7-11H2,1H3/t12-/m1/s1. The summed E-state index contributed by atoms with van der Waals surface area (Å²) in [6, 6.07) is 9.71. The molecule has 0 radical (unpaired) electrons. The SMILES string of the molecule is Cn1c(C[C@H]2CCS(=O)(=O)C2)nnc1SCc1nnnn1-c1ccccc1. The number of thioether (sulfide) groups is 1. The maximum atomic E-state index is 11.6. The third-order valence-corrected chi connectivity index (χ3v) is 7.44. The number of aromatic nitrogens is 7. The zero-order valence-electron chi connectivity index (χ0n) is 14.8. The fourth-order valence-electron chi connectivity index (χ4n) is 3.13. The normalized spacial score (nSPS) is 18.8. The number of hydrogen-bond acceptors (Lipinski definition) is 8. The molecule has 1 aliphatic heterocycles. The van der Waals surface area contributed by atoms with Crippen molar-refractivity contribution in [3.63, 3.8) is 0 Å². The molecular formula is C16H19N7O2S2. The number of benzene rings is 1. The van der Waals surface area contributed by atoms with Crippen LogP contribution in [0.4, 0.5) is 0 Å². The van der Waals surface area contributed by atoms with Gasteiger partial charge in [0.25, 0.3) is 0 Å². The molecule has 0 unspecified atom stereocenters. The summed E-state index contributed by atoms with van der Waals surface area (Å²) in [5.74, 6) is 2.72. The molecule has 27 heavy (non-hydrogen) atoms. The molecule has 1 saturated heterocycles. The van der Waals surface area contributed by atoms with Crippen molar-refractivity contribution in [1.29, 1.82) is 0 Å². The Balaban J connectivity index is 1.43. The van der Waals surface area contributed by atoms with E-state index in [0.29, 0.717) is 18.6 Å². The second-order valence-corrected chi connectivity index (χ2v) is 9.73. The Hall–Kier alpha value is -2.27. The summed E-state index contributed by atoms with van der Waals surface area (Å²) in [6.45, 7) is 0. The third-order valence-electron chi connectivity index (χ3n) is 4.59. The molecule has 1 fully saturated rings. The predicted octanol–water partition coefficient (Wildman–Crippen LogP) is 1.06. The van der Waals surface area contributed by atoms with Crippen LogP contribution in [0, 0.1) is 5.92 Å². The monoisotopic (exact) mass is 405 g/mol. The van der Waals surface area contributed by atoms with Gasteiger partial charge in [-0.1, -0.05) is 30.0 Å². The Bertz CT molecular complexity index is 1030. The van der Waals surface area contributed by atoms with E-state index < -0.39 is 9.84 Å². The van der Waals surface area contributed by atoms with E-state index in [9.17, 15) is 8.42 Å². The Morgan fingerprint density at radius 3 is 2.70 bits per heavy atom. The number of rotatable bonds is 6. The van der Waals surface area contributed by atoms with Gasteiger partial charge in [0, 0.05) is 13.5 Å². The highest BCUT2D eigenvalue weighted by atomic mass is 32.2. The number of nitrogens with zero attached hydrogens (tertiary/aromatic N) is 7. The lowest BCUT2D eigenvalue weighted by Crippen LogP contribution is -2.11. The van der Waals surface area contributed by atoms with Crippen LogP contribution in [0.3, 0.4) is 0 Å². The molecule has 11 heteroatoms. The summed E-state index contributed by atoms with van der Waals surface area (Å²) >= 11 is 1.50. The van der Waals surface area contributed by atoms with E-state index in [0.717, 1.165) is 22.5 Å². The van der Waals surface area contributed by atoms with Crippen LogP contribution in [0.15, 0.2) is 35.5 Å². The number of tetrazole rings is 1. The minimum atomic E-state index is -2.88. The average Bonchev–Trinajstić information content (AvgIpc) is 3.35. The molecule has 1 atom stereocenters. The van der Waals surface area contributed by atoms with Crippen LogP contribution in [0.5, 0.6) is 0 Å². The fraction of sp³-hybridized carbons (Fsp3) is 0.438. The van der Waals surface area contributed by atoms with E-state index in [1.165, 1.54) is 11.8 Å². The maximum Gasteiger partial charge on any atom is 0.191 e. The van der Waals surface area contributed by atoms with Crippen LogP contribution in [0.25, 0.3) is 5.69 Å². The van der Waals surface area contributed by atoms with Crippen molar-refractivity contribution in [1.82, 2.24) is 35.0 Å². The van der Waals surface area contributed by atoms with Crippen molar-refractivity contribution in [3.05, 3.63) is 42.0 Å². The van der Waals surface area contributed by atoms with Crippen LogP contribution < -0.4 is 0 Å². The quantitative estimate of drug-likeness (QED) is 0.560. The largest absolute Gasteiger partial charge is 0.309 e. The first kappa shape index (κ1) is 18.1. The summed E-state index contributed by atoms with van der Waals surface area (Å²) in [5.41, 5.74) is 0.902. The van der Waals surface area contributed by atoms with Gasteiger partial charge in [-0.15, -0.1) is 15.3 Å². The van der Waals surface area contributed by atoms with Gasteiger partial charge < -0.3 is 4.57 Å². The first-order valence-electron chi connectivity index (χ1n) is 8.56. The highest BCUT2D eigenvalue weighted by Crippen LogP contribution is 2.25. The van der Waals surface area contributed by atoms with Crippen molar-refractivity contribution in [2.75, 3.05) is 11.5 Å². The Kier molecular flexibility index (Phi) is 4.96. The molecule has 3 aromatic rings. The fourth-order valence-corrected chi connectivity index (χ4v) is 5.83. The van der Waals surface area contributed by atoms with Gasteiger partial charge in [-0.25, -0.2) is 8.42 Å². The van der Waals surface area contributed by atoms with Crippen molar-refractivity contribution in [2.45, 2.75) is 23.8 Å². The topological polar surface area (TPSA) is 108 Å². The molecule has 4 rings (SSSR count). The molecule has 142 valence electrons. The Morgan fingerprint density at radius 1 is 1.15 bits per heavy atom. The number of sulfone groups is 1. The Labute approximate surface area is 161 Å². The van der Waals surface area contributed by atoms with Gasteiger partial charge in [0.2, 0.25) is 0 Å². The van der Waals surface area contributed by atoms with Crippen LogP contribution in [-0.4, -0.2) is 54.9 Å². The lowest BCUT2D eigenvalue weighted by molar-refractivity contribution is 0.552. The summed E-state index contributed by atoms with van der Waals surface area (Å²) in [5, 5.41) is 21.2. The summed E-state index contributed by atoms with van der Waals surface area (Å²) in [7, 11) is -0.976. The molecule has 3 heterocycles. The molecule has 0 bridgehead atoms. The summed E-state index contributed by atoms with van der Waals surface area (Å²) < 4.78 is 26.9. The van der Waals surface area contributed by atoms with Gasteiger partial charge in [0.15, 0.2) is 20.8 Å². The molecule has 0 N–H and O–H groups in total. The first-order valence-corrected chi connectivity index (χ1v) is 11.4. The van der Waals surface area contributed by atoms with E-state index in [2.05, 4.69) is 25.7 Å². The van der Waals surface area contributed by atoms with Gasteiger partial charge in [0.1, 0.15) is 5.82 Å². The number of para-hydroxylation sites is 1. The molecule has 0 spiro atoms. The van der Waals surface area contributed by atoms with Gasteiger partial charge in [0.05, 0.1) is 22.9 Å². The van der Waals surface area contributed by atoms with Crippen LogP contribution in [0.2, 0.25) is 0 Å². The number of hydrogen-bond donors (Lipinski definition) is 0. The molecule has 0 amide bonds. The maximum absolute atomic E-state index is 11.6. The summed E-state index contributed by atoms with van der Waals surface area (Å²) in [4.78, 5) is 0. The van der Waals surface area contributed by atoms with Crippen LogP contribution in [0.1, 0.15) is 18.1 Å². The van der Waals surface area contributed by atoms with Crippen molar-refractivity contribution >= 4 is 21.6 Å². The first-order chi connectivity index (χ1) is 13.0. The van der Waals surface area contributed by atoms with E-state index in [1.54, 1.807) is 4.68 Å². The van der Waals surface area contributed by atoms with Gasteiger partial charge in [-0.2, -0.15) is 4.68 Å². The molecular weight excluding hydrogens is 386 g/mol. The van der Waals surface area contributed by atoms with Gasteiger partial charge in [-0.3, -0.25) is 0 Å². The van der Waals surface area contributed by atoms with Gasteiger partial charge in [-0.05, 0) is 34.9 Å². The second-order valence-electron chi connectivity index (χ2n) is 6.56. The zero-order valence-corrected chi connectivity index (χ0v) is 16.4. The van der Waals surface area contributed by atoms with Crippen molar-refractivity contribution in [2.24, 2.45) is 13.0 Å². The van der Waals surface area contributed by atoms with E-state index >= 15 is 0 Å². The molecule has 9 nitrogen and oxygen atoms in total. The Morgan fingerprint density at radius 2 is 1.96 bits per heavy atom. The van der Waals surface area contributed by atoms with Crippen LogP contribution >= 0.6 is 11.8 Å². The molecule has 2 aromatic heterocycles. The van der Waals surface area contributed by atoms with Gasteiger partial charge >= 0.3 is 0 Å². The summed E-state index contributed by atoms with van der Waals surface area (Å²) in [6.07, 6.45) is 1.33. The molecule has 1 aromatic carbocycles. The third kappa shape index (κ3) is 4.03. The average molecular weight is 406 g/mol. The molecule has 0 aliphatic carbocycles. The lowest BCUT2D eigenvalue weighted by atomic mass is 10.1. The van der Waals surface area contributed by atoms with E-state index in [1.807, 2.05) is 41.9 Å². The van der Waals surface area contributed by atoms with E-state index in [-0.39, 0.29) is 17.4 Å². The lowest BCUT2D eigenvalue weighted by Gasteiger charge is -2.07. The van der Waals surface area contributed by atoms with Crippen LogP contribution in [-0.2, 0) is 29.1 Å². The minimum absolute atomic E-state index is 0.126. The molecule has 0 saturated carbocycles. The highest BCUT2D eigenvalue weighted by Gasteiger charge is 2.29. The predicted molar refractivity (Wildman–Crippen MR) is 100 cm³/mol. The van der Waals surface area contributed by atoms with Crippen molar-refractivity contribution in [3.8, 4) is 5.69 Å². The second kappa shape index (κ2) is 7.39. The van der Waals surface area contributed by atoms with Crippen molar-refractivity contribution < 1.29 is 8.42 Å². The minimum Gasteiger partial charge on any atom is -0.309 e. The smallest absolute Gasteiger partial charge is 0.191 e. The highest BCUT2D eigenvalue weighted by molar-refractivity contribution is 7.98. The van der Waals surface area contributed by atoms with E-state index in [4.69, 9.17) is 0 Å². The zero-order chi connectivity index (χ0) is 18.9. The molecule has 1 aliphatic rings.